The number of esters is 1. The highest BCUT2D eigenvalue weighted by atomic mass is 16.5. The summed E-state index contributed by atoms with van der Waals surface area (Å²) in [6.07, 6.45) is 1.83. The Hall–Kier alpha value is -3.48. The van der Waals surface area contributed by atoms with Crippen LogP contribution in [-0.4, -0.2) is 41.7 Å². The van der Waals surface area contributed by atoms with Crippen molar-refractivity contribution in [2.75, 3.05) is 18.5 Å². The van der Waals surface area contributed by atoms with Crippen LogP contribution in [0.3, 0.4) is 0 Å². The number of imide groups is 1. The Balaban J connectivity index is 1.59. The number of nitrogens with zero attached hydrogens (tertiary/aromatic N) is 1. The molecule has 29 heavy (non-hydrogen) atoms. The molecule has 0 spiro atoms. The van der Waals surface area contributed by atoms with Crippen LogP contribution in [0.1, 0.15) is 46.0 Å². The van der Waals surface area contributed by atoms with Crippen LogP contribution >= 0.6 is 0 Å². The third-order valence-electron chi connectivity index (χ3n) is 4.57. The molecule has 0 fully saturated rings. The summed E-state index contributed by atoms with van der Waals surface area (Å²) in [5.74, 6) is -1.80. The number of unbranched alkanes of at least 4 members (excludes halogenated alkanes) is 1. The number of carbonyl (C=O) groups excluding carboxylic acids is 4. The predicted octanol–water partition coefficient (Wildman–Crippen LogP) is 2.81. The summed E-state index contributed by atoms with van der Waals surface area (Å²) >= 11 is 0. The second-order valence-corrected chi connectivity index (χ2v) is 6.73. The smallest absolute Gasteiger partial charge is 0.338 e. The Kier molecular flexibility index (Phi) is 6.39. The Morgan fingerprint density at radius 1 is 1.07 bits per heavy atom. The quantitative estimate of drug-likeness (QED) is 0.443. The standard InChI is InChI=1S/C22H22N2O5/c1-2-3-12-29-22(28)15-8-10-17(11-9-15)23-19(25)14-24-20(26)13-16-6-4-5-7-18(16)21(24)27/h4-11H,2-3,12-14H2,1H3,(H,23,25). The molecule has 0 bridgehead atoms. The minimum absolute atomic E-state index is 0.0873. The van der Waals surface area contributed by atoms with Crippen LogP contribution < -0.4 is 5.32 Å². The number of benzene rings is 2. The molecular weight excluding hydrogens is 372 g/mol. The number of ether oxygens (including phenoxy) is 1. The maximum Gasteiger partial charge on any atom is 0.338 e. The van der Waals surface area contributed by atoms with Gasteiger partial charge in [0.1, 0.15) is 6.54 Å². The Morgan fingerprint density at radius 3 is 2.52 bits per heavy atom. The van der Waals surface area contributed by atoms with E-state index in [-0.39, 0.29) is 13.0 Å². The van der Waals surface area contributed by atoms with E-state index in [4.69, 9.17) is 4.74 Å². The van der Waals surface area contributed by atoms with E-state index >= 15 is 0 Å². The van der Waals surface area contributed by atoms with Gasteiger partial charge in [-0.05, 0) is 42.3 Å². The van der Waals surface area contributed by atoms with Crippen LogP contribution in [0.15, 0.2) is 48.5 Å². The molecule has 150 valence electrons. The van der Waals surface area contributed by atoms with Crippen molar-refractivity contribution in [3.63, 3.8) is 0 Å². The number of rotatable bonds is 7. The molecule has 1 aliphatic rings. The van der Waals surface area contributed by atoms with E-state index in [9.17, 15) is 19.2 Å². The van der Waals surface area contributed by atoms with Crippen LogP contribution in [0.4, 0.5) is 5.69 Å². The van der Waals surface area contributed by atoms with Crippen molar-refractivity contribution >= 4 is 29.4 Å². The summed E-state index contributed by atoms with van der Waals surface area (Å²) in [5, 5.41) is 2.64. The Labute approximate surface area is 168 Å². The van der Waals surface area contributed by atoms with Gasteiger partial charge in [-0.25, -0.2) is 4.79 Å². The summed E-state index contributed by atoms with van der Waals surface area (Å²) in [4.78, 5) is 50.0. The molecular formula is C22H22N2O5. The van der Waals surface area contributed by atoms with E-state index in [1.807, 2.05) is 6.92 Å². The average molecular weight is 394 g/mol. The number of fused-ring (bicyclic) bond motifs is 1. The molecule has 0 unspecified atom stereocenters. The molecule has 0 radical (unpaired) electrons. The summed E-state index contributed by atoms with van der Waals surface area (Å²) in [6.45, 7) is 2.01. The van der Waals surface area contributed by atoms with Crippen molar-refractivity contribution in [1.82, 2.24) is 4.90 Å². The van der Waals surface area contributed by atoms with Crippen LogP contribution in [0.5, 0.6) is 0 Å². The maximum atomic E-state index is 12.5. The highest BCUT2D eigenvalue weighted by Crippen LogP contribution is 2.19. The lowest BCUT2D eigenvalue weighted by Gasteiger charge is -2.26. The van der Waals surface area contributed by atoms with Gasteiger partial charge in [-0.2, -0.15) is 0 Å². The molecule has 0 aromatic heterocycles. The van der Waals surface area contributed by atoms with Crippen molar-refractivity contribution in [3.8, 4) is 0 Å². The fourth-order valence-corrected chi connectivity index (χ4v) is 2.99. The SMILES string of the molecule is CCCCOC(=O)c1ccc(NC(=O)CN2C(=O)Cc3ccccc3C2=O)cc1. The fourth-order valence-electron chi connectivity index (χ4n) is 2.99. The summed E-state index contributed by atoms with van der Waals surface area (Å²) in [6, 6.07) is 13.1. The van der Waals surface area contributed by atoms with Gasteiger partial charge < -0.3 is 10.1 Å². The summed E-state index contributed by atoms with van der Waals surface area (Å²) in [7, 11) is 0. The third kappa shape index (κ3) is 4.87. The van der Waals surface area contributed by atoms with E-state index < -0.39 is 23.7 Å². The van der Waals surface area contributed by atoms with Crippen LogP contribution in [0, 0.1) is 0 Å². The first-order valence-corrected chi connectivity index (χ1v) is 9.49. The van der Waals surface area contributed by atoms with Gasteiger partial charge in [-0.3, -0.25) is 19.3 Å². The van der Waals surface area contributed by atoms with Gasteiger partial charge in [0.2, 0.25) is 11.8 Å². The van der Waals surface area contributed by atoms with Crippen molar-refractivity contribution < 1.29 is 23.9 Å². The van der Waals surface area contributed by atoms with Crippen molar-refractivity contribution in [2.45, 2.75) is 26.2 Å². The Morgan fingerprint density at radius 2 is 1.79 bits per heavy atom. The molecule has 0 saturated carbocycles. The maximum absolute atomic E-state index is 12.5. The molecule has 2 aromatic rings. The number of amides is 3. The number of anilines is 1. The number of nitrogens with one attached hydrogen (secondary N) is 1. The zero-order valence-corrected chi connectivity index (χ0v) is 16.1. The van der Waals surface area contributed by atoms with Crippen LogP contribution in [0.25, 0.3) is 0 Å². The van der Waals surface area contributed by atoms with E-state index in [0.717, 1.165) is 17.7 Å². The van der Waals surface area contributed by atoms with E-state index in [0.29, 0.717) is 29.0 Å². The van der Waals surface area contributed by atoms with Gasteiger partial charge in [0, 0.05) is 11.3 Å². The lowest BCUT2D eigenvalue weighted by molar-refractivity contribution is -0.131. The minimum Gasteiger partial charge on any atom is -0.462 e. The number of carbonyl (C=O) groups is 4. The lowest BCUT2D eigenvalue weighted by atomic mass is 9.98. The highest BCUT2D eigenvalue weighted by Gasteiger charge is 2.31. The van der Waals surface area contributed by atoms with Crippen LogP contribution in [0.2, 0.25) is 0 Å². The van der Waals surface area contributed by atoms with Gasteiger partial charge in [-0.1, -0.05) is 31.5 Å². The zero-order valence-electron chi connectivity index (χ0n) is 16.1. The third-order valence-corrected chi connectivity index (χ3v) is 4.57. The molecule has 7 heteroatoms. The van der Waals surface area contributed by atoms with Gasteiger partial charge in [0.15, 0.2) is 0 Å². The first kappa shape index (κ1) is 20.3. The summed E-state index contributed by atoms with van der Waals surface area (Å²) in [5.41, 5.74) is 1.95. The first-order chi connectivity index (χ1) is 14.0. The second kappa shape index (κ2) is 9.14. The average Bonchev–Trinajstić information content (AvgIpc) is 2.72. The first-order valence-electron chi connectivity index (χ1n) is 9.49. The van der Waals surface area contributed by atoms with Gasteiger partial charge in [0.25, 0.3) is 5.91 Å². The molecule has 1 N–H and O–H groups in total. The molecule has 1 aliphatic heterocycles. The van der Waals surface area contributed by atoms with Crippen molar-refractivity contribution in [1.29, 1.82) is 0 Å². The summed E-state index contributed by atoms with van der Waals surface area (Å²) < 4.78 is 5.13. The van der Waals surface area contributed by atoms with Gasteiger partial charge in [-0.15, -0.1) is 0 Å². The Bertz CT molecular complexity index is 936. The predicted molar refractivity (Wildman–Crippen MR) is 106 cm³/mol. The lowest BCUT2D eigenvalue weighted by Crippen LogP contribution is -2.46. The van der Waals surface area contributed by atoms with Gasteiger partial charge in [0.05, 0.1) is 18.6 Å². The number of hydrogen-bond acceptors (Lipinski definition) is 5. The minimum atomic E-state index is -0.496. The molecule has 0 atom stereocenters. The van der Waals surface area contributed by atoms with Crippen molar-refractivity contribution in [2.24, 2.45) is 0 Å². The second-order valence-electron chi connectivity index (χ2n) is 6.73. The largest absolute Gasteiger partial charge is 0.462 e. The van der Waals surface area contributed by atoms with Crippen LogP contribution in [-0.2, 0) is 20.7 Å². The monoisotopic (exact) mass is 394 g/mol. The van der Waals surface area contributed by atoms with E-state index in [2.05, 4.69) is 5.32 Å². The molecule has 3 rings (SSSR count). The fraction of sp³-hybridized carbons (Fsp3) is 0.273. The molecule has 7 nitrogen and oxygen atoms in total. The molecule has 0 aliphatic carbocycles. The molecule has 0 saturated heterocycles. The van der Waals surface area contributed by atoms with Crippen molar-refractivity contribution in [3.05, 3.63) is 65.2 Å². The molecule has 3 amide bonds. The molecule has 1 heterocycles. The van der Waals surface area contributed by atoms with Gasteiger partial charge >= 0.3 is 5.97 Å². The zero-order chi connectivity index (χ0) is 20.8. The molecule has 2 aromatic carbocycles. The van der Waals surface area contributed by atoms with E-state index in [1.54, 1.807) is 48.5 Å². The highest BCUT2D eigenvalue weighted by molar-refractivity contribution is 6.12. The topological polar surface area (TPSA) is 92.8 Å². The van der Waals surface area contributed by atoms with E-state index in [1.165, 1.54) is 0 Å². The normalized spacial score (nSPS) is 13.1. The number of hydrogen-bond donors (Lipinski definition) is 1.